The third kappa shape index (κ3) is 3.42. The van der Waals surface area contributed by atoms with Crippen LogP contribution in [0.15, 0.2) is 18.2 Å². The van der Waals surface area contributed by atoms with Crippen LogP contribution in [-0.2, 0) is 0 Å². The van der Waals surface area contributed by atoms with E-state index in [2.05, 4.69) is 5.32 Å². The molecule has 0 aliphatic rings. The Hall–Kier alpha value is -1.22. The summed E-state index contributed by atoms with van der Waals surface area (Å²) < 4.78 is 5.01. The number of carbonyl (C=O) groups excluding carboxylic acids is 1. The van der Waals surface area contributed by atoms with Gasteiger partial charge < -0.3 is 10.1 Å². The highest BCUT2D eigenvalue weighted by Crippen LogP contribution is 2.22. The van der Waals surface area contributed by atoms with Crippen molar-refractivity contribution in [3.05, 3.63) is 28.8 Å². The largest absolute Gasteiger partial charge is 0.497 e. The molecule has 16 heavy (non-hydrogen) atoms. The minimum Gasteiger partial charge on any atom is -0.497 e. The lowest BCUT2D eigenvalue weighted by Gasteiger charge is -2.09. The number of nitrogens with one attached hydrogen (secondary N) is 1. The zero-order valence-corrected chi connectivity index (χ0v) is 10.5. The van der Waals surface area contributed by atoms with Gasteiger partial charge in [-0.05, 0) is 24.1 Å². The fraction of sp³-hybridized carbons (Fsp3) is 0.417. The van der Waals surface area contributed by atoms with Crippen molar-refractivity contribution in [2.45, 2.75) is 13.8 Å². The van der Waals surface area contributed by atoms with E-state index in [0.29, 0.717) is 28.8 Å². The average Bonchev–Trinajstić information content (AvgIpc) is 2.25. The van der Waals surface area contributed by atoms with Crippen molar-refractivity contribution >= 4 is 17.5 Å². The van der Waals surface area contributed by atoms with E-state index >= 15 is 0 Å². The van der Waals surface area contributed by atoms with Crippen molar-refractivity contribution in [2.75, 3.05) is 13.7 Å². The van der Waals surface area contributed by atoms with Gasteiger partial charge in [0.25, 0.3) is 5.91 Å². The summed E-state index contributed by atoms with van der Waals surface area (Å²) in [6.45, 7) is 4.72. The van der Waals surface area contributed by atoms with Crippen LogP contribution in [0.1, 0.15) is 24.2 Å². The van der Waals surface area contributed by atoms with Crippen LogP contribution in [0.2, 0.25) is 5.02 Å². The second-order valence-corrected chi connectivity index (χ2v) is 4.36. The first-order valence-electron chi connectivity index (χ1n) is 5.16. The molecule has 0 spiro atoms. The van der Waals surface area contributed by atoms with Crippen LogP contribution in [0, 0.1) is 5.92 Å². The number of rotatable bonds is 4. The predicted molar refractivity (Wildman–Crippen MR) is 65.2 cm³/mol. The molecule has 1 amide bonds. The Morgan fingerprint density at radius 1 is 1.50 bits per heavy atom. The highest BCUT2D eigenvalue weighted by molar-refractivity contribution is 6.34. The molecular weight excluding hydrogens is 226 g/mol. The lowest BCUT2D eigenvalue weighted by Crippen LogP contribution is -2.27. The molecule has 0 aromatic heterocycles. The molecule has 3 nitrogen and oxygen atoms in total. The van der Waals surface area contributed by atoms with Gasteiger partial charge in [-0.15, -0.1) is 0 Å². The number of hydrogen-bond donors (Lipinski definition) is 1. The molecule has 0 fully saturated rings. The Labute approximate surface area is 101 Å². The molecule has 0 radical (unpaired) electrons. The number of methoxy groups -OCH3 is 1. The van der Waals surface area contributed by atoms with Crippen molar-refractivity contribution in [1.82, 2.24) is 5.32 Å². The first kappa shape index (κ1) is 12.8. The Bertz CT molecular complexity index is 377. The summed E-state index contributed by atoms with van der Waals surface area (Å²) in [5.74, 6) is 0.910. The van der Waals surface area contributed by atoms with Gasteiger partial charge in [0.2, 0.25) is 0 Å². The lowest BCUT2D eigenvalue weighted by atomic mass is 10.2. The molecule has 1 aromatic rings. The monoisotopic (exact) mass is 241 g/mol. The number of carbonyl (C=O) groups is 1. The third-order valence-electron chi connectivity index (χ3n) is 2.09. The van der Waals surface area contributed by atoms with Gasteiger partial charge in [-0.3, -0.25) is 4.79 Å². The minimum atomic E-state index is -0.152. The summed E-state index contributed by atoms with van der Waals surface area (Å²) in [5, 5.41) is 3.22. The van der Waals surface area contributed by atoms with Gasteiger partial charge in [0.15, 0.2) is 0 Å². The molecule has 0 bridgehead atoms. The normalized spacial score (nSPS) is 10.3. The second kappa shape index (κ2) is 5.75. The van der Waals surface area contributed by atoms with Crippen LogP contribution >= 0.6 is 11.6 Å². The summed E-state index contributed by atoms with van der Waals surface area (Å²) in [6.07, 6.45) is 0. The van der Waals surface area contributed by atoms with Crippen molar-refractivity contribution in [3.63, 3.8) is 0 Å². The number of halogens is 1. The van der Waals surface area contributed by atoms with Gasteiger partial charge >= 0.3 is 0 Å². The fourth-order valence-corrected chi connectivity index (χ4v) is 1.46. The van der Waals surface area contributed by atoms with Gasteiger partial charge in [-0.1, -0.05) is 25.4 Å². The van der Waals surface area contributed by atoms with Gasteiger partial charge in [0, 0.05) is 6.54 Å². The Kier molecular flexibility index (Phi) is 4.62. The van der Waals surface area contributed by atoms with Gasteiger partial charge in [0.05, 0.1) is 17.7 Å². The maximum Gasteiger partial charge on any atom is 0.252 e. The van der Waals surface area contributed by atoms with E-state index < -0.39 is 0 Å². The predicted octanol–water partition coefficient (Wildman–Crippen LogP) is 2.73. The molecule has 0 saturated heterocycles. The smallest absolute Gasteiger partial charge is 0.252 e. The SMILES string of the molecule is COc1ccc(C(=O)NCC(C)C)c(Cl)c1. The molecule has 4 heteroatoms. The van der Waals surface area contributed by atoms with E-state index in [1.165, 1.54) is 0 Å². The van der Waals surface area contributed by atoms with E-state index in [-0.39, 0.29) is 5.91 Å². The van der Waals surface area contributed by atoms with Gasteiger partial charge in [0.1, 0.15) is 5.75 Å². The van der Waals surface area contributed by atoms with Crippen molar-refractivity contribution in [1.29, 1.82) is 0 Å². The van der Waals surface area contributed by atoms with Crippen LogP contribution < -0.4 is 10.1 Å². The van der Waals surface area contributed by atoms with E-state index in [1.54, 1.807) is 25.3 Å². The summed E-state index contributed by atoms with van der Waals surface area (Å²) in [4.78, 5) is 11.7. The van der Waals surface area contributed by atoms with Crippen LogP contribution in [-0.4, -0.2) is 19.6 Å². The molecule has 1 rings (SSSR count). The summed E-state index contributed by atoms with van der Waals surface area (Å²) >= 11 is 5.98. The third-order valence-corrected chi connectivity index (χ3v) is 2.40. The Morgan fingerprint density at radius 2 is 2.19 bits per heavy atom. The van der Waals surface area contributed by atoms with Crippen LogP contribution in [0.5, 0.6) is 5.75 Å². The summed E-state index contributed by atoms with van der Waals surface area (Å²) in [7, 11) is 1.56. The molecule has 0 unspecified atom stereocenters. The number of benzene rings is 1. The fourth-order valence-electron chi connectivity index (χ4n) is 1.20. The minimum absolute atomic E-state index is 0.152. The van der Waals surface area contributed by atoms with Gasteiger partial charge in [-0.25, -0.2) is 0 Å². The van der Waals surface area contributed by atoms with E-state index in [1.807, 2.05) is 13.8 Å². The molecule has 0 saturated carbocycles. The zero-order chi connectivity index (χ0) is 12.1. The topological polar surface area (TPSA) is 38.3 Å². The highest BCUT2D eigenvalue weighted by atomic mass is 35.5. The standard InChI is InChI=1S/C12H16ClNO2/c1-8(2)7-14-12(15)10-5-4-9(16-3)6-11(10)13/h4-6,8H,7H2,1-3H3,(H,14,15). The van der Waals surface area contributed by atoms with Crippen LogP contribution in [0.3, 0.4) is 0 Å². The molecule has 0 aliphatic heterocycles. The molecule has 0 aliphatic carbocycles. The van der Waals surface area contributed by atoms with E-state index in [9.17, 15) is 4.79 Å². The number of ether oxygens (including phenoxy) is 1. The number of amides is 1. The van der Waals surface area contributed by atoms with Crippen LogP contribution in [0.25, 0.3) is 0 Å². The van der Waals surface area contributed by atoms with Gasteiger partial charge in [-0.2, -0.15) is 0 Å². The molecule has 0 atom stereocenters. The van der Waals surface area contributed by atoms with Crippen LogP contribution in [0.4, 0.5) is 0 Å². The highest BCUT2D eigenvalue weighted by Gasteiger charge is 2.10. The summed E-state index contributed by atoms with van der Waals surface area (Å²) in [6, 6.07) is 5.01. The van der Waals surface area contributed by atoms with E-state index in [4.69, 9.17) is 16.3 Å². The molecule has 0 heterocycles. The first-order valence-corrected chi connectivity index (χ1v) is 5.54. The number of hydrogen-bond acceptors (Lipinski definition) is 2. The van der Waals surface area contributed by atoms with Crippen molar-refractivity contribution < 1.29 is 9.53 Å². The second-order valence-electron chi connectivity index (χ2n) is 3.95. The molecule has 88 valence electrons. The maximum absolute atomic E-state index is 11.7. The zero-order valence-electron chi connectivity index (χ0n) is 9.71. The Morgan fingerprint density at radius 3 is 2.69 bits per heavy atom. The van der Waals surface area contributed by atoms with Crippen molar-refractivity contribution in [2.24, 2.45) is 5.92 Å². The van der Waals surface area contributed by atoms with Crippen molar-refractivity contribution in [3.8, 4) is 5.75 Å². The Balaban J connectivity index is 2.76. The maximum atomic E-state index is 11.7. The quantitative estimate of drug-likeness (QED) is 0.880. The first-order chi connectivity index (χ1) is 7.54. The van der Waals surface area contributed by atoms with E-state index in [0.717, 1.165) is 0 Å². The lowest BCUT2D eigenvalue weighted by molar-refractivity contribution is 0.0949. The average molecular weight is 242 g/mol. The molecule has 1 aromatic carbocycles. The summed E-state index contributed by atoms with van der Waals surface area (Å²) in [5.41, 5.74) is 0.475. The molecular formula is C12H16ClNO2. The molecule has 1 N–H and O–H groups in total.